The summed E-state index contributed by atoms with van der Waals surface area (Å²) in [7, 11) is 0. The molecule has 0 heterocycles. The van der Waals surface area contributed by atoms with Crippen LogP contribution in [-0.4, -0.2) is 16.7 Å². The minimum absolute atomic E-state index is 0.00249. The van der Waals surface area contributed by atoms with Gasteiger partial charge >= 0.3 is 0 Å². The molecule has 3 rings (SSSR count). The topological polar surface area (TPSA) is 127 Å². The van der Waals surface area contributed by atoms with Crippen LogP contribution in [0.1, 0.15) is 23.2 Å². The molecular weight excluding hydrogens is 324 g/mol. The van der Waals surface area contributed by atoms with Crippen molar-refractivity contribution < 1.29 is 14.5 Å². The van der Waals surface area contributed by atoms with Crippen molar-refractivity contribution in [2.24, 2.45) is 5.92 Å². The highest BCUT2D eigenvalue weighted by molar-refractivity contribution is 6.05. The van der Waals surface area contributed by atoms with Gasteiger partial charge in [0.2, 0.25) is 5.91 Å². The number of carbonyl (C=O) groups excluding carboxylic acids is 2. The monoisotopic (exact) mass is 340 g/mol. The average molecular weight is 340 g/mol. The number of hydrogen-bond donors (Lipinski definition) is 3. The zero-order valence-corrected chi connectivity index (χ0v) is 13.2. The normalized spacial score (nSPS) is 13.1. The standard InChI is InChI=1S/C17H16N4O4/c18-14-8-3-11(9-15(14)21(24)25)17(23)20-13-6-4-12(5-7-13)19-16(22)10-1-2-10/h3-10H,1-2,18H2,(H,19,22)(H,20,23). The van der Waals surface area contributed by atoms with Crippen LogP contribution in [0.15, 0.2) is 42.5 Å². The van der Waals surface area contributed by atoms with E-state index in [1.165, 1.54) is 12.1 Å². The van der Waals surface area contributed by atoms with E-state index in [2.05, 4.69) is 10.6 Å². The summed E-state index contributed by atoms with van der Waals surface area (Å²) in [5.41, 5.74) is 6.49. The second kappa shape index (κ2) is 6.60. The predicted molar refractivity (Wildman–Crippen MR) is 93.3 cm³/mol. The van der Waals surface area contributed by atoms with Gasteiger partial charge in [-0.15, -0.1) is 0 Å². The summed E-state index contributed by atoms with van der Waals surface area (Å²) in [5, 5.41) is 16.3. The fourth-order valence-electron chi connectivity index (χ4n) is 2.27. The fourth-order valence-corrected chi connectivity index (χ4v) is 2.27. The lowest BCUT2D eigenvalue weighted by atomic mass is 10.1. The molecule has 0 aromatic heterocycles. The molecule has 8 nitrogen and oxygen atoms in total. The molecule has 0 bridgehead atoms. The largest absolute Gasteiger partial charge is 0.393 e. The Bertz CT molecular complexity index is 844. The van der Waals surface area contributed by atoms with Crippen LogP contribution in [0, 0.1) is 16.0 Å². The van der Waals surface area contributed by atoms with Crippen LogP contribution < -0.4 is 16.4 Å². The predicted octanol–water partition coefficient (Wildman–Crippen LogP) is 2.78. The van der Waals surface area contributed by atoms with E-state index in [-0.39, 0.29) is 28.8 Å². The third-order valence-corrected chi connectivity index (χ3v) is 3.85. The molecule has 0 saturated heterocycles. The van der Waals surface area contributed by atoms with Crippen molar-refractivity contribution >= 4 is 34.6 Å². The second-order valence-corrected chi connectivity index (χ2v) is 5.83. The lowest BCUT2D eigenvalue weighted by Crippen LogP contribution is -2.14. The first kappa shape index (κ1) is 16.4. The molecule has 4 N–H and O–H groups in total. The van der Waals surface area contributed by atoms with Gasteiger partial charge in [0.15, 0.2) is 0 Å². The minimum atomic E-state index is -0.635. The summed E-state index contributed by atoms with van der Waals surface area (Å²) in [4.78, 5) is 34.2. The molecule has 2 aromatic carbocycles. The van der Waals surface area contributed by atoms with Crippen molar-refractivity contribution in [2.75, 3.05) is 16.4 Å². The van der Waals surface area contributed by atoms with Gasteiger partial charge in [0, 0.05) is 28.9 Å². The van der Waals surface area contributed by atoms with Gasteiger partial charge in [-0.05, 0) is 49.2 Å². The number of nitrogens with one attached hydrogen (secondary N) is 2. The number of nitrogens with two attached hydrogens (primary N) is 1. The number of nitro benzene ring substituents is 1. The van der Waals surface area contributed by atoms with E-state index in [1.54, 1.807) is 24.3 Å². The molecule has 25 heavy (non-hydrogen) atoms. The van der Waals surface area contributed by atoms with Gasteiger partial charge in [-0.25, -0.2) is 0 Å². The molecule has 1 aliphatic rings. The molecule has 8 heteroatoms. The first-order chi connectivity index (χ1) is 11.9. The van der Waals surface area contributed by atoms with Gasteiger partial charge < -0.3 is 16.4 Å². The van der Waals surface area contributed by atoms with E-state index in [1.807, 2.05) is 0 Å². The van der Waals surface area contributed by atoms with Crippen LogP contribution in [-0.2, 0) is 4.79 Å². The smallest absolute Gasteiger partial charge is 0.292 e. The first-order valence-electron chi connectivity index (χ1n) is 7.70. The molecule has 0 unspecified atom stereocenters. The van der Waals surface area contributed by atoms with E-state index >= 15 is 0 Å². The molecule has 2 amide bonds. The maximum absolute atomic E-state index is 12.2. The molecule has 1 fully saturated rings. The summed E-state index contributed by atoms with van der Waals surface area (Å²) < 4.78 is 0. The number of amides is 2. The molecule has 0 atom stereocenters. The van der Waals surface area contributed by atoms with Crippen molar-refractivity contribution in [2.45, 2.75) is 12.8 Å². The van der Waals surface area contributed by atoms with Gasteiger partial charge in [-0.2, -0.15) is 0 Å². The van der Waals surface area contributed by atoms with Gasteiger partial charge in [0.1, 0.15) is 5.69 Å². The van der Waals surface area contributed by atoms with Crippen LogP contribution in [0.4, 0.5) is 22.7 Å². The maximum atomic E-state index is 12.2. The number of nitro groups is 1. The summed E-state index contributed by atoms with van der Waals surface area (Å²) in [6.07, 6.45) is 1.85. The van der Waals surface area contributed by atoms with E-state index in [9.17, 15) is 19.7 Å². The Hall–Kier alpha value is -3.42. The van der Waals surface area contributed by atoms with E-state index in [0.717, 1.165) is 18.9 Å². The number of anilines is 3. The van der Waals surface area contributed by atoms with Crippen molar-refractivity contribution in [3.63, 3.8) is 0 Å². The third-order valence-electron chi connectivity index (χ3n) is 3.85. The quantitative estimate of drug-likeness (QED) is 0.438. The lowest BCUT2D eigenvalue weighted by Gasteiger charge is -2.08. The SMILES string of the molecule is Nc1ccc(C(=O)Nc2ccc(NC(=O)C3CC3)cc2)cc1[N+](=O)[O-]. The number of hydrogen-bond acceptors (Lipinski definition) is 5. The number of benzene rings is 2. The summed E-state index contributed by atoms with van der Waals surface area (Å²) >= 11 is 0. The highest BCUT2D eigenvalue weighted by atomic mass is 16.6. The summed E-state index contributed by atoms with van der Waals surface area (Å²) in [6, 6.07) is 10.5. The highest BCUT2D eigenvalue weighted by Crippen LogP contribution is 2.30. The molecule has 1 aliphatic carbocycles. The fraction of sp³-hybridized carbons (Fsp3) is 0.176. The van der Waals surface area contributed by atoms with Crippen molar-refractivity contribution in [3.05, 3.63) is 58.1 Å². The molecule has 0 spiro atoms. The van der Waals surface area contributed by atoms with Crippen LogP contribution in [0.25, 0.3) is 0 Å². The van der Waals surface area contributed by atoms with Crippen LogP contribution in [0.5, 0.6) is 0 Å². The van der Waals surface area contributed by atoms with Gasteiger partial charge in [0.25, 0.3) is 11.6 Å². The van der Waals surface area contributed by atoms with Crippen molar-refractivity contribution in [3.8, 4) is 0 Å². The molecule has 0 radical (unpaired) electrons. The lowest BCUT2D eigenvalue weighted by molar-refractivity contribution is -0.383. The Kier molecular flexibility index (Phi) is 4.34. The second-order valence-electron chi connectivity index (χ2n) is 5.83. The van der Waals surface area contributed by atoms with Crippen molar-refractivity contribution in [1.82, 2.24) is 0 Å². The zero-order valence-electron chi connectivity index (χ0n) is 13.2. The maximum Gasteiger partial charge on any atom is 0.292 e. The number of rotatable bonds is 5. The first-order valence-corrected chi connectivity index (χ1v) is 7.70. The third kappa shape index (κ3) is 3.92. The minimum Gasteiger partial charge on any atom is -0.393 e. The Balaban J connectivity index is 1.67. The molecule has 128 valence electrons. The Morgan fingerprint density at radius 1 is 1.04 bits per heavy atom. The highest BCUT2D eigenvalue weighted by Gasteiger charge is 2.29. The molecule has 1 saturated carbocycles. The number of nitrogen functional groups attached to an aromatic ring is 1. The van der Waals surface area contributed by atoms with E-state index < -0.39 is 10.8 Å². The van der Waals surface area contributed by atoms with Gasteiger partial charge in [0.05, 0.1) is 4.92 Å². The Labute approximate surface area is 143 Å². The van der Waals surface area contributed by atoms with E-state index in [4.69, 9.17) is 5.73 Å². The summed E-state index contributed by atoms with van der Waals surface area (Å²) in [6.45, 7) is 0. The Morgan fingerprint density at radius 2 is 1.64 bits per heavy atom. The molecule has 0 aliphatic heterocycles. The van der Waals surface area contributed by atoms with Gasteiger partial charge in [-0.1, -0.05) is 0 Å². The molecular formula is C17H16N4O4. The average Bonchev–Trinajstić information content (AvgIpc) is 3.41. The van der Waals surface area contributed by atoms with Crippen molar-refractivity contribution in [1.29, 1.82) is 0 Å². The van der Waals surface area contributed by atoms with Crippen LogP contribution >= 0.6 is 0 Å². The zero-order chi connectivity index (χ0) is 18.0. The summed E-state index contributed by atoms with van der Waals surface area (Å²) in [5.74, 6) is -0.371. The van der Waals surface area contributed by atoms with Gasteiger partial charge in [-0.3, -0.25) is 19.7 Å². The molecule has 2 aromatic rings. The Morgan fingerprint density at radius 3 is 2.20 bits per heavy atom. The number of carbonyl (C=O) groups is 2. The van der Waals surface area contributed by atoms with E-state index in [0.29, 0.717) is 11.4 Å². The number of nitrogens with zero attached hydrogens (tertiary/aromatic N) is 1. The van der Waals surface area contributed by atoms with Crippen LogP contribution in [0.3, 0.4) is 0 Å². The van der Waals surface area contributed by atoms with Crippen LogP contribution in [0.2, 0.25) is 0 Å².